The largest absolute Gasteiger partial charge is 0.493 e. The van der Waals surface area contributed by atoms with Crippen LogP contribution in [0.1, 0.15) is 12.5 Å². The Kier molecular flexibility index (Phi) is 8.53. The molecule has 0 atom stereocenters. The molecule has 0 radical (unpaired) electrons. The fourth-order valence-electron chi connectivity index (χ4n) is 1.35. The summed E-state index contributed by atoms with van der Waals surface area (Å²) in [4.78, 5) is 9.00. The van der Waals surface area contributed by atoms with Crippen molar-refractivity contribution in [2.45, 2.75) is 6.92 Å². The molecule has 0 aliphatic carbocycles. The van der Waals surface area contributed by atoms with Gasteiger partial charge in [-0.05, 0) is 12.1 Å². The number of carboxylic acid groups (broad SMARTS) is 1. The summed E-state index contributed by atoms with van der Waals surface area (Å²) >= 11 is 0. The van der Waals surface area contributed by atoms with Crippen molar-refractivity contribution in [3.8, 4) is 17.2 Å². The summed E-state index contributed by atoms with van der Waals surface area (Å²) < 4.78 is 15.6. The first-order chi connectivity index (χ1) is 10.3. The molecule has 0 saturated heterocycles. The summed E-state index contributed by atoms with van der Waals surface area (Å²) in [5.74, 6) is 0.498. The summed E-state index contributed by atoms with van der Waals surface area (Å²) in [6.07, 6.45) is 1.49. The quantitative estimate of drug-likeness (QED) is 0.355. The van der Waals surface area contributed by atoms with E-state index in [4.69, 9.17) is 35.3 Å². The highest BCUT2D eigenvalue weighted by Crippen LogP contribution is 2.37. The van der Waals surface area contributed by atoms with Crippen LogP contribution in [0.15, 0.2) is 17.2 Å². The van der Waals surface area contributed by atoms with Crippen LogP contribution >= 0.6 is 0 Å². The number of carbonyl (C=O) groups is 1. The van der Waals surface area contributed by atoms with Gasteiger partial charge >= 0.3 is 0 Å². The summed E-state index contributed by atoms with van der Waals surface area (Å²) in [7, 11) is 4.60. The molecule has 1 rings (SSSR count). The summed E-state index contributed by atoms with van der Waals surface area (Å²) in [5, 5.41) is 18.2. The van der Waals surface area contributed by atoms with Gasteiger partial charge in [0.15, 0.2) is 11.5 Å². The van der Waals surface area contributed by atoms with Gasteiger partial charge in [0, 0.05) is 12.5 Å². The fraction of sp³-hybridized carbons (Fsp3) is 0.308. The van der Waals surface area contributed by atoms with E-state index in [1.165, 1.54) is 27.5 Å². The Balaban J connectivity index is 0.000000980. The average molecular weight is 312 g/mol. The van der Waals surface area contributed by atoms with E-state index in [1.54, 1.807) is 12.1 Å². The molecule has 0 aliphatic heterocycles. The topological polar surface area (TPSA) is 139 Å². The molecule has 9 nitrogen and oxygen atoms in total. The lowest BCUT2D eigenvalue weighted by Crippen LogP contribution is -2.25. The molecular formula is C13H20N4O5. The number of hydrazone groups is 1. The van der Waals surface area contributed by atoms with Crippen LogP contribution in [0.2, 0.25) is 0 Å². The molecule has 1 aromatic rings. The SMILES string of the molecule is CC(=O)O.COc1cc(C=NNC(=N)N)cc(OC)c1OC. The lowest BCUT2D eigenvalue weighted by atomic mass is 10.2. The van der Waals surface area contributed by atoms with Crippen LogP contribution in [0.25, 0.3) is 0 Å². The standard InChI is InChI=1S/C11H16N4O3.C2H4O2/c1-16-8-4-7(6-14-15-11(12)13)5-9(17-2)10(8)18-3;1-2(3)4/h4-6H,1-3H3,(H4,12,13,15);1H3,(H,3,4). The van der Waals surface area contributed by atoms with Crippen molar-refractivity contribution in [1.29, 1.82) is 5.41 Å². The second-order valence-corrected chi connectivity index (χ2v) is 3.76. The summed E-state index contributed by atoms with van der Waals surface area (Å²) in [5.41, 5.74) is 8.14. The van der Waals surface area contributed by atoms with Crippen LogP contribution in [0.3, 0.4) is 0 Å². The molecular weight excluding hydrogens is 292 g/mol. The van der Waals surface area contributed by atoms with Crippen molar-refractivity contribution < 1.29 is 24.1 Å². The van der Waals surface area contributed by atoms with Gasteiger partial charge in [0.05, 0.1) is 27.5 Å². The number of nitrogens with zero attached hydrogens (tertiary/aromatic N) is 1. The van der Waals surface area contributed by atoms with Crippen molar-refractivity contribution >= 4 is 18.1 Å². The molecule has 0 bridgehead atoms. The Morgan fingerprint density at radius 1 is 1.27 bits per heavy atom. The third kappa shape index (κ3) is 6.98. The molecule has 9 heteroatoms. The number of nitrogens with one attached hydrogen (secondary N) is 2. The van der Waals surface area contributed by atoms with Gasteiger partial charge in [0.25, 0.3) is 5.97 Å². The molecule has 0 aromatic heterocycles. The van der Waals surface area contributed by atoms with E-state index in [0.29, 0.717) is 17.2 Å². The Morgan fingerprint density at radius 2 is 1.73 bits per heavy atom. The third-order valence-electron chi connectivity index (χ3n) is 2.09. The number of ether oxygens (including phenoxy) is 3. The van der Waals surface area contributed by atoms with E-state index in [1.807, 2.05) is 0 Å². The maximum Gasteiger partial charge on any atom is 0.300 e. The van der Waals surface area contributed by atoms with E-state index in [-0.39, 0.29) is 5.96 Å². The molecule has 0 saturated carbocycles. The first-order valence-electron chi connectivity index (χ1n) is 5.98. The number of hydrogen-bond donors (Lipinski definition) is 4. The second-order valence-electron chi connectivity index (χ2n) is 3.76. The minimum absolute atomic E-state index is 0.237. The first-order valence-corrected chi connectivity index (χ1v) is 5.98. The highest BCUT2D eigenvalue weighted by Gasteiger charge is 2.12. The predicted octanol–water partition coefficient (Wildman–Crippen LogP) is 0.620. The van der Waals surface area contributed by atoms with Crippen molar-refractivity contribution in [3.05, 3.63) is 17.7 Å². The number of rotatable bonds is 5. The van der Waals surface area contributed by atoms with Crippen LogP contribution in [0.5, 0.6) is 17.2 Å². The molecule has 5 N–H and O–H groups in total. The van der Waals surface area contributed by atoms with Crippen LogP contribution in [-0.2, 0) is 4.79 Å². The molecule has 0 unspecified atom stereocenters. The number of methoxy groups -OCH3 is 3. The van der Waals surface area contributed by atoms with Crippen molar-refractivity contribution in [3.63, 3.8) is 0 Å². The Hall–Kier alpha value is -2.97. The number of guanidine groups is 1. The Bertz CT molecular complexity index is 516. The minimum atomic E-state index is -0.833. The van der Waals surface area contributed by atoms with Crippen molar-refractivity contribution in [2.24, 2.45) is 10.8 Å². The van der Waals surface area contributed by atoms with Gasteiger partial charge in [0.1, 0.15) is 0 Å². The van der Waals surface area contributed by atoms with Gasteiger partial charge in [-0.15, -0.1) is 0 Å². The Labute approximate surface area is 128 Å². The number of aliphatic carboxylic acids is 1. The fourth-order valence-corrected chi connectivity index (χ4v) is 1.35. The average Bonchev–Trinajstić information content (AvgIpc) is 2.45. The summed E-state index contributed by atoms with van der Waals surface area (Å²) in [6.45, 7) is 1.08. The number of hydrogen-bond acceptors (Lipinski definition) is 6. The zero-order chi connectivity index (χ0) is 17.1. The van der Waals surface area contributed by atoms with Gasteiger partial charge in [0.2, 0.25) is 11.7 Å². The maximum absolute atomic E-state index is 9.00. The molecule has 0 amide bonds. The zero-order valence-electron chi connectivity index (χ0n) is 12.8. The highest BCUT2D eigenvalue weighted by molar-refractivity contribution is 5.84. The van der Waals surface area contributed by atoms with Crippen molar-refractivity contribution in [2.75, 3.05) is 21.3 Å². The van der Waals surface area contributed by atoms with Gasteiger partial charge in [-0.3, -0.25) is 10.2 Å². The minimum Gasteiger partial charge on any atom is -0.493 e. The van der Waals surface area contributed by atoms with Crippen LogP contribution in [0, 0.1) is 5.41 Å². The van der Waals surface area contributed by atoms with Gasteiger partial charge in [-0.25, -0.2) is 5.43 Å². The molecule has 0 heterocycles. The van der Waals surface area contributed by atoms with Gasteiger partial charge < -0.3 is 25.1 Å². The van der Waals surface area contributed by atoms with Crippen molar-refractivity contribution in [1.82, 2.24) is 5.43 Å². The molecule has 0 aliphatic rings. The van der Waals surface area contributed by atoms with Gasteiger partial charge in [-0.1, -0.05) is 0 Å². The van der Waals surface area contributed by atoms with Crippen LogP contribution < -0.4 is 25.4 Å². The molecule has 0 fully saturated rings. The van der Waals surface area contributed by atoms with Crippen LogP contribution in [-0.4, -0.2) is 44.6 Å². The lowest BCUT2D eigenvalue weighted by Gasteiger charge is -2.12. The van der Waals surface area contributed by atoms with Gasteiger partial charge in [-0.2, -0.15) is 5.10 Å². The predicted molar refractivity (Wildman–Crippen MR) is 82.1 cm³/mol. The van der Waals surface area contributed by atoms with E-state index < -0.39 is 5.97 Å². The lowest BCUT2D eigenvalue weighted by molar-refractivity contribution is -0.134. The third-order valence-corrected chi connectivity index (χ3v) is 2.09. The normalized spacial score (nSPS) is 9.45. The molecule has 1 aromatic carbocycles. The first kappa shape index (κ1) is 19.0. The smallest absolute Gasteiger partial charge is 0.300 e. The zero-order valence-corrected chi connectivity index (χ0v) is 12.8. The highest BCUT2D eigenvalue weighted by atomic mass is 16.5. The maximum atomic E-state index is 9.00. The monoisotopic (exact) mass is 312 g/mol. The Morgan fingerprint density at radius 3 is 2.05 bits per heavy atom. The van der Waals surface area contributed by atoms with Crippen LogP contribution in [0.4, 0.5) is 0 Å². The summed E-state index contributed by atoms with van der Waals surface area (Å²) in [6, 6.07) is 3.46. The van der Waals surface area contributed by atoms with E-state index in [2.05, 4.69) is 10.5 Å². The second kappa shape index (κ2) is 9.86. The van der Waals surface area contributed by atoms with E-state index >= 15 is 0 Å². The number of benzene rings is 1. The van der Waals surface area contributed by atoms with E-state index in [9.17, 15) is 0 Å². The molecule has 0 spiro atoms. The number of nitrogens with two attached hydrogens (primary N) is 1. The number of carboxylic acids is 1. The van der Waals surface area contributed by atoms with E-state index in [0.717, 1.165) is 12.5 Å². The molecule has 22 heavy (non-hydrogen) atoms. The molecule has 122 valence electrons.